The van der Waals surface area contributed by atoms with E-state index >= 15 is 0 Å². The van der Waals surface area contributed by atoms with E-state index in [2.05, 4.69) is 5.32 Å². The van der Waals surface area contributed by atoms with Gasteiger partial charge in [0, 0.05) is 5.56 Å². The van der Waals surface area contributed by atoms with Gasteiger partial charge in [0.15, 0.2) is 0 Å². The number of carbonyl (C=O) groups excluding carboxylic acids is 1. The average Bonchev–Trinajstić information content (AvgIpc) is 3.35. The van der Waals surface area contributed by atoms with Gasteiger partial charge in [0.25, 0.3) is 5.91 Å². The molecule has 0 atom stereocenters. The van der Waals surface area contributed by atoms with Crippen LogP contribution in [-0.4, -0.2) is 13.0 Å². The zero-order valence-corrected chi connectivity index (χ0v) is 13.4. The van der Waals surface area contributed by atoms with Gasteiger partial charge in [-0.2, -0.15) is 5.26 Å². The summed E-state index contributed by atoms with van der Waals surface area (Å²) in [5.41, 5.74) is 1.50. The van der Waals surface area contributed by atoms with Crippen molar-refractivity contribution in [2.75, 3.05) is 7.11 Å². The van der Waals surface area contributed by atoms with Crippen molar-refractivity contribution in [3.63, 3.8) is 0 Å². The van der Waals surface area contributed by atoms with Gasteiger partial charge < -0.3 is 10.1 Å². The van der Waals surface area contributed by atoms with Crippen LogP contribution in [0.1, 0.15) is 34.3 Å². The second-order valence-corrected chi connectivity index (χ2v) is 5.98. The Bertz CT molecular complexity index is 807. The molecule has 0 saturated heterocycles. The second-order valence-electron chi connectivity index (χ2n) is 5.57. The van der Waals surface area contributed by atoms with Crippen molar-refractivity contribution in [2.24, 2.45) is 0 Å². The minimum atomic E-state index is -0.341. The smallest absolute Gasteiger partial charge is 0.252 e. The number of amides is 1. The molecule has 0 radical (unpaired) electrons. The molecule has 3 rings (SSSR count). The van der Waals surface area contributed by atoms with E-state index in [1.165, 1.54) is 6.07 Å². The molecule has 4 nitrogen and oxygen atoms in total. The van der Waals surface area contributed by atoms with Gasteiger partial charge in [-0.25, -0.2) is 0 Å². The van der Waals surface area contributed by atoms with Crippen LogP contribution in [0.4, 0.5) is 0 Å². The first-order valence-electron chi connectivity index (χ1n) is 7.25. The van der Waals surface area contributed by atoms with E-state index in [9.17, 15) is 4.79 Å². The number of halogens is 1. The predicted octanol–water partition coefficient (Wildman–Crippen LogP) is 3.64. The van der Waals surface area contributed by atoms with E-state index in [0.717, 1.165) is 24.2 Å². The zero-order chi connectivity index (χ0) is 16.4. The van der Waals surface area contributed by atoms with E-state index in [4.69, 9.17) is 21.6 Å². The molecule has 1 saturated carbocycles. The molecule has 1 amide bonds. The first kappa shape index (κ1) is 15.4. The lowest BCUT2D eigenvalue weighted by Crippen LogP contribution is -2.34. The summed E-state index contributed by atoms with van der Waals surface area (Å²) in [6.07, 6.45) is 1.77. The molecule has 2 aromatic carbocycles. The molecule has 116 valence electrons. The number of carbonyl (C=O) groups is 1. The molecule has 0 bridgehead atoms. The number of nitrogens with one attached hydrogen (secondary N) is 1. The first-order valence-corrected chi connectivity index (χ1v) is 7.62. The van der Waals surface area contributed by atoms with Gasteiger partial charge >= 0.3 is 0 Å². The molecular weight excluding hydrogens is 312 g/mol. The molecule has 23 heavy (non-hydrogen) atoms. The topological polar surface area (TPSA) is 62.1 Å². The number of nitriles is 1. The predicted molar refractivity (Wildman–Crippen MR) is 87.5 cm³/mol. The molecule has 0 aromatic heterocycles. The summed E-state index contributed by atoms with van der Waals surface area (Å²) in [5.74, 6) is 0.571. The number of benzene rings is 2. The van der Waals surface area contributed by atoms with Crippen molar-refractivity contribution in [3.05, 3.63) is 64.2 Å². The monoisotopic (exact) mass is 326 g/mol. The number of methoxy groups -OCH3 is 1. The molecule has 5 heteroatoms. The highest BCUT2D eigenvalue weighted by atomic mass is 35.5. The van der Waals surface area contributed by atoms with Crippen LogP contribution in [0, 0.1) is 11.3 Å². The summed E-state index contributed by atoms with van der Waals surface area (Å²) in [6, 6.07) is 14.4. The largest absolute Gasteiger partial charge is 0.497 e. The van der Waals surface area contributed by atoms with Gasteiger partial charge in [0.05, 0.1) is 23.2 Å². The van der Waals surface area contributed by atoms with E-state index < -0.39 is 0 Å². The second kappa shape index (κ2) is 5.94. The molecule has 2 aromatic rings. The Labute approximate surface area is 139 Å². The lowest BCUT2D eigenvalue weighted by atomic mass is 10.0. The van der Waals surface area contributed by atoms with Crippen LogP contribution in [0.25, 0.3) is 0 Å². The number of nitrogens with zero attached hydrogens (tertiary/aromatic N) is 1. The quantitative estimate of drug-likeness (QED) is 0.933. The molecule has 0 unspecified atom stereocenters. The Morgan fingerprint density at radius 3 is 2.70 bits per heavy atom. The fourth-order valence-corrected chi connectivity index (χ4v) is 2.79. The van der Waals surface area contributed by atoms with Gasteiger partial charge in [-0.15, -0.1) is 0 Å². The molecule has 0 spiro atoms. The van der Waals surface area contributed by atoms with Crippen molar-refractivity contribution in [3.8, 4) is 11.8 Å². The Morgan fingerprint density at radius 2 is 2.09 bits per heavy atom. The van der Waals surface area contributed by atoms with Crippen LogP contribution in [0.15, 0.2) is 42.5 Å². The van der Waals surface area contributed by atoms with Crippen LogP contribution in [0.3, 0.4) is 0 Å². The fourth-order valence-electron chi connectivity index (χ4n) is 2.57. The van der Waals surface area contributed by atoms with Crippen LogP contribution in [0.2, 0.25) is 5.02 Å². The Hall–Kier alpha value is -2.51. The maximum absolute atomic E-state index is 12.5. The summed E-state index contributed by atoms with van der Waals surface area (Å²) in [5, 5.41) is 12.3. The molecule has 0 heterocycles. The third-order valence-electron chi connectivity index (χ3n) is 4.08. The van der Waals surface area contributed by atoms with Crippen molar-refractivity contribution >= 4 is 17.5 Å². The maximum Gasteiger partial charge on any atom is 0.252 e. The molecule has 1 fully saturated rings. The van der Waals surface area contributed by atoms with Crippen molar-refractivity contribution in [1.29, 1.82) is 5.26 Å². The van der Waals surface area contributed by atoms with Crippen LogP contribution < -0.4 is 10.1 Å². The third-order valence-corrected chi connectivity index (χ3v) is 4.39. The lowest BCUT2D eigenvalue weighted by Gasteiger charge is -2.19. The van der Waals surface area contributed by atoms with Gasteiger partial charge in [-0.3, -0.25) is 4.79 Å². The summed E-state index contributed by atoms with van der Waals surface area (Å²) in [4.78, 5) is 12.5. The van der Waals surface area contributed by atoms with Crippen molar-refractivity contribution in [2.45, 2.75) is 18.4 Å². The fraction of sp³-hybridized carbons (Fsp3) is 0.222. The van der Waals surface area contributed by atoms with Gasteiger partial charge in [-0.05, 0) is 48.7 Å². The normalized spacial score (nSPS) is 14.7. The SMILES string of the molecule is COc1cccc(C2(NC(=O)c3ccc(C#N)c(Cl)c3)CC2)c1. The summed E-state index contributed by atoms with van der Waals surface area (Å²) >= 11 is 6.00. The zero-order valence-electron chi connectivity index (χ0n) is 12.6. The lowest BCUT2D eigenvalue weighted by molar-refractivity contribution is 0.0930. The summed E-state index contributed by atoms with van der Waals surface area (Å²) in [6.45, 7) is 0. The Kier molecular flexibility index (Phi) is 3.97. The average molecular weight is 327 g/mol. The third kappa shape index (κ3) is 3.01. The van der Waals surface area contributed by atoms with Gasteiger partial charge in [-0.1, -0.05) is 23.7 Å². The van der Waals surface area contributed by atoms with Gasteiger partial charge in [0.2, 0.25) is 0 Å². The highest BCUT2D eigenvalue weighted by molar-refractivity contribution is 6.32. The van der Waals surface area contributed by atoms with Crippen LogP contribution in [0.5, 0.6) is 5.75 Å². The molecule has 1 aliphatic rings. The number of hydrogen-bond acceptors (Lipinski definition) is 3. The molecule has 1 N–H and O–H groups in total. The Morgan fingerprint density at radius 1 is 1.30 bits per heavy atom. The van der Waals surface area contributed by atoms with Crippen LogP contribution in [-0.2, 0) is 5.54 Å². The van der Waals surface area contributed by atoms with Gasteiger partial charge in [0.1, 0.15) is 11.8 Å². The first-order chi connectivity index (χ1) is 11.1. The Balaban J connectivity index is 1.82. The summed E-state index contributed by atoms with van der Waals surface area (Å²) in [7, 11) is 1.62. The van der Waals surface area contributed by atoms with E-state index in [0.29, 0.717) is 11.1 Å². The minimum Gasteiger partial charge on any atom is -0.497 e. The standard InChI is InChI=1S/C18H15ClN2O2/c1-23-15-4-2-3-14(10-15)18(7-8-18)21-17(22)12-5-6-13(11-20)16(19)9-12/h2-6,9-10H,7-8H2,1H3,(H,21,22). The highest BCUT2D eigenvalue weighted by Crippen LogP contribution is 2.46. The van der Waals surface area contributed by atoms with E-state index in [1.54, 1.807) is 19.2 Å². The number of rotatable bonds is 4. The van der Waals surface area contributed by atoms with E-state index in [1.807, 2.05) is 30.3 Å². The van der Waals surface area contributed by atoms with E-state index in [-0.39, 0.29) is 16.5 Å². The maximum atomic E-state index is 12.5. The van der Waals surface area contributed by atoms with Crippen LogP contribution >= 0.6 is 11.6 Å². The minimum absolute atomic E-state index is 0.197. The van der Waals surface area contributed by atoms with Crippen molar-refractivity contribution in [1.82, 2.24) is 5.32 Å². The van der Waals surface area contributed by atoms with Crippen molar-refractivity contribution < 1.29 is 9.53 Å². The number of hydrogen-bond donors (Lipinski definition) is 1. The molecule has 0 aliphatic heterocycles. The molecule has 1 aliphatic carbocycles. The highest BCUT2D eigenvalue weighted by Gasteiger charge is 2.45. The summed E-state index contributed by atoms with van der Waals surface area (Å²) < 4.78 is 5.25. The molecular formula is C18H15ClN2O2. The number of ether oxygens (including phenoxy) is 1.